The summed E-state index contributed by atoms with van der Waals surface area (Å²) in [5.41, 5.74) is 3.93. The van der Waals surface area contributed by atoms with Crippen molar-refractivity contribution in [1.29, 1.82) is 0 Å². The molecule has 5 aromatic rings. The van der Waals surface area contributed by atoms with E-state index in [-0.39, 0.29) is 29.2 Å². The number of rotatable bonds is 10. The normalized spacial score (nSPS) is 12.8. The summed E-state index contributed by atoms with van der Waals surface area (Å²) in [4.78, 5) is 17.5. The average molecular weight is 623 g/mol. The molecular weight excluding hydrogens is 590 g/mol. The Morgan fingerprint density at radius 3 is 2.50 bits per heavy atom. The van der Waals surface area contributed by atoms with Crippen LogP contribution in [0.2, 0.25) is 0 Å². The molecule has 0 saturated carbocycles. The number of aromatic nitrogens is 2. The molecule has 3 N–H and O–H groups in total. The van der Waals surface area contributed by atoms with Gasteiger partial charge >= 0.3 is 0 Å². The number of H-pyrrole nitrogens is 1. The zero-order valence-electron chi connectivity index (χ0n) is 22.4. The molecule has 208 valence electrons. The first-order valence-electron chi connectivity index (χ1n) is 13.3. The van der Waals surface area contributed by atoms with Crippen molar-refractivity contribution in [2.75, 3.05) is 12.3 Å². The summed E-state index contributed by atoms with van der Waals surface area (Å²) < 4.78 is 30.2. The van der Waals surface area contributed by atoms with Crippen molar-refractivity contribution in [2.24, 2.45) is 7.05 Å². The summed E-state index contributed by atoms with van der Waals surface area (Å²) in [6.45, 7) is 2.18. The molecule has 2 heterocycles. The van der Waals surface area contributed by atoms with E-state index >= 15 is 0 Å². The van der Waals surface area contributed by atoms with E-state index in [4.69, 9.17) is 0 Å². The summed E-state index contributed by atoms with van der Waals surface area (Å²) in [5, 5.41) is 13.1. The molecule has 1 unspecified atom stereocenters. The summed E-state index contributed by atoms with van der Waals surface area (Å²) in [6.07, 6.45) is 1.80. The van der Waals surface area contributed by atoms with Gasteiger partial charge in [0.25, 0.3) is 5.56 Å². The van der Waals surface area contributed by atoms with Crippen LogP contribution < -0.4 is 10.3 Å². The van der Waals surface area contributed by atoms with Crippen molar-refractivity contribution in [3.63, 3.8) is 0 Å². The molecule has 3 aromatic carbocycles. The van der Waals surface area contributed by atoms with Gasteiger partial charge in [0.1, 0.15) is 5.75 Å². The number of aromatic amines is 1. The van der Waals surface area contributed by atoms with Crippen molar-refractivity contribution in [1.82, 2.24) is 14.3 Å². The van der Waals surface area contributed by atoms with Gasteiger partial charge in [-0.3, -0.25) is 4.79 Å². The second kappa shape index (κ2) is 11.6. The molecule has 40 heavy (non-hydrogen) atoms. The number of hydrogen-bond donors (Lipinski definition) is 3. The highest BCUT2D eigenvalue weighted by Crippen LogP contribution is 2.41. The standard InChI is InChI=1S/C31H32BrN3O4S/c1-3-4-18-40(38,39)33-17-16-23-22-12-5-7-14-25(22)34-29(23)27(20-10-9-11-21(32)19-20)28-30(36)24-13-6-8-15-26(24)35(2)31(28)37/h5-15,19,27,33-34,36H,3-4,16-18H2,1-2H3. The Kier molecular flexibility index (Phi) is 8.16. The Bertz CT molecular complexity index is 1860. The number of nitrogens with zero attached hydrogens (tertiary/aromatic N) is 1. The number of para-hydroxylation sites is 2. The number of fused-ring (bicyclic) bond motifs is 2. The minimum Gasteiger partial charge on any atom is -0.507 e. The number of unbranched alkanes of at least 4 members (excludes halogenated alkanes) is 1. The van der Waals surface area contributed by atoms with Crippen LogP contribution in [0.4, 0.5) is 0 Å². The van der Waals surface area contributed by atoms with E-state index in [9.17, 15) is 18.3 Å². The molecule has 0 bridgehead atoms. The lowest BCUT2D eigenvalue weighted by Gasteiger charge is -2.22. The SMILES string of the molecule is CCCCS(=O)(=O)NCCc1c(C(c2cccc(Br)c2)c2c(O)c3ccccc3n(C)c2=O)[nH]c2ccccc12. The molecule has 1 atom stereocenters. The molecule has 5 rings (SSSR count). The maximum atomic E-state index is 13.9. The van der Waals surface area contributed by atoms with Crippen LogP contribution in [0.3, 0.4) is 0 Å². The predicted molar refractivity (Wildman–Crippen MR) is 165 cm³/mol. The molecule has 9 heteroatoms. The number of hydrogen-bond acceptors (Lipinski definition) is 4. The summed E-state index contributed by atoms with van der Waals surface area (Å²) in [6, 6.07) is 22.8. The van der Waals surface area contributed by atoms with Gasteiger partial charge in [0.2, 0.25) is 10.0 Å². The number of aryl methyl sites for hydroxylation is 1. The van der Waals surface area contributed by atoms with E-state index in [1.165, 1.54) is 0 Å². The second-order valence-corrected chi connectivity index (χ2v) is 12.9. The zero-order valence-corrected chi connectivity index (χ0v) is 24.8. The van der Waals surface area contributed by atoms with E-state index in [1.54, 1.807) is 11.6 Å². The molecule has 0 saturated heterocycles. The fourth-order valence-corrected chi connectivity index (χ4v) is 7.04. The van der Waals surface area contributed by atoms with Gasteiger partial charge in [-0.05, 0) is 54.3 Å². The van der Waals surface area contributed by atoms with Crippen LogP contribution in [0.1, 0.15) is 48.1 Å². The minimum absolute atomic E-state index is 0.0615. The highest BCUT2D eigenvalue weighted by atomic mass is 79.9. The average Bonchev–Trinajstić information content (AvgIpc) is 3.30. The predicted octanol–water partition coefficient (Wildman–Crippen LogP) is 5.93. The van der Waals surface area contributed by atoms with Gasteiger partial charge in [0.15, 0.2) is 0 Å². The summed E-state index contributed by atoms with van der Waals surface area (Å²) in [7, 11) is -1.69. The maximum Gasteiger partial charge on any atom is 0.258 e. The van der Waals surface area contributed by atoms with Crippen molar-refractivity contribution < 1.29 is 13.5 Å². The third-order valence-electron chi connectivity index (χ3n) is 7.38. The molecule has 0 spiro atoms. The van der Waals surface area contributed by atoms with E-state index < -0.39 is 15.9 Å². The van der Waals surface area contributed by atoms with Crippen LogP contribution in [-0.2, 0) is 23.5 Å². The molecular formula is C31H32BrN3O4S. The van der Waals surface area contributed by atoms with Crippen LogP contribution in [-0.4, -0.2) is 35.4 Å². The van der Waals surface area contributed by atoms with Gasteiger partial charge in [-0.25, -0.2) is 13.1 Å². The highest BCUT2D eigenvalue weighted by Gasteiger charge is 2.30. The lowest BCUT2D eigenvalue weighted by molar-refractivity contribution is 0.470. The quantitative estimate of drug-likeness (QED) is 0.180. The molecule has 7 nitrogen and oxygen atoms in total. The third kappa shape index (κ3) is 5.46. The fraction of sp³-hybridized carbons (Fsp3) is 0.258. The van der Waals surface area contributed by atoms with Crippen LogP contribution in [0, 0.1) is 0 Å². The van der Waals surface area contributed by atoms with Crippen molar-refractivity contribution in [2.45, 2.75) is 32.1 Å². The lowest BCUT2D eigenvalue weighted by Crippen LogP contribution is -2.29. The molecule has 2 aromatic heterocycles. The van der Waals surface area contributed by atoms with Gasteiger partial charge in [0, 0.05) is 40.0 Å². The monoisotopic (exact) mass is 621 g/mol. The molecule has 0 aliphatic heterocycles. The van der Waals surface area contributed by atoms with Gasteiger partial charge in [-0.15, -0.1) is 0 Å². The Labute approximate surface area is 242 Å². The molecule has 0 radical (unpaired) electrons. The lowest BCUT2D eigenvalue weighted by atomic mass is 9.85. The first-order chi connectivity index (χ1) is 19.2. The smallest absolute Gasteiger partial charge is 0.258 e. The first-order valence-corrected chi connectivity index (χ1v) is 15.8. The Morgan fingerprint density at radius 2 is 1.75 bits per heavy atom. The van der Waals surface area contributed by atoms with Crippen LogP contribution in [0.5, 0.6) is 5.75 Å². The molecule has 0 aliphatic rings. The molecule has 0 aliphatic carbocycles. The van der Waals surface area contributed by atoms with Crippen LogP contribution in [0.15, 0.2) is 82.1 Å². The summed E-state index contributed by atoms with van der Waals surface area (Å²) in [5.74, 6) is -0.611. The topological polar surface area (TPSA) is 104 Å². The van der Waals surface area contributed by atoms with Crippen LogP contribution >= 0.6 is 15.9 Å². The number of halogens is 1. The number of aromatic hydroxyl groups is 1. The van der Waals surface area contributed by atoms with Gasteiger partial charge in [-0.2, -0.15) is 0 Å². The zero-order chi connectivity index (χ0) is 28.4. The number of nitrogens with one attached hydrogen (secondary N) is 2. The van der Waals surface area contributed by atoms with Crippen LogP contribution in [0.25, 0.3) is 21.8 Å². The minimum atomic E-state index is -3.40. The van der Waals surface area contributed by atoms with Gasteiger partial charge in [-0.1, -0.05) is 71.7 Å². The number of pyridine rings is 1. The fourth-order valence-electron chi connectivity index (χ4n) is 5.40. The van der Waals surface area contributed by atoms with E-state index in [2.05, 4.69) is 25.6 Å². The first kappa shape index (κ1) is 28.1. The number of benzene rings is 3. The highest BCUT2D eigenvalue weighted by molar-refractivity contribution is 9.10. The third-order valence-corrected chi connectivity index (χ3v) is 9.34. The van der Waals surface area contributed by atoms with Crippen molar-refractivity contribution >= 4 is 47.8 Å². The van der Waals surface area contributed by atoms with Crippen molar-refractivity contribution in [3.8, 4) is 5.75 Å². The van der Waals surface area contributed by atoms with Gasteiger partial charge in [0.05, 0.1) is 22.8 Å². The van der Waals surface area contributed by atoms with Crippen molar-refractivity contribution in [3.05, 3.63) is 110 Å². The molecule has 0 amide bonds. The Hall–Kier alpha value is -3.40. The van der Waals surface area contributed by atoms with E-state index in [0.717, 1.165) is 38.6 Å². The van der Waals surface area contributed by atoms with E-state index in [0.29, 0.717) is 23.7 Å². The number of sulfonamides is 1. The molecule has 0 fully saturated rings. The Morgan fingerprint density at radius 1 is 1.02 bits per heavy atom. The maximum absolute atomic E-state index is 13.9. The second-order valence-electron chi connectivity index (χ2n) is 10.0. The summed E-state index contributed by atoms with van der Waals surface area (Å²) >= 11 is 3.57. The largest absolute Gasteiger partial charge is 0.507 e. The van der Waals surface area contributed by atoms with Gasteiger partial charge < -0.3 is 14.7 Å². The Balaban J connectivity index is 1.72. The van der Waals surface area contributed by atoms with E-state index in [1.807, 2.05) is 79.7 Å².